The molecule has 0 bridgehead atoms. The maximum atomic E-state index is 4.74. The molecule has 2 fully saturated rings. The Morgan fingerprint density at radius 2 is 1.73 bits per heavy atom. The number of nitrogens with one attached hydrogen (secondary N) is 1. The summed E-state index contributed by atoms with van der Waals surface area (Å²) < 4.78 is 0. The van der Waals surface area contributed by atoms with Gasteiger partial charge in [-0.05, 0) is 51.4 Å². The van der Waals surface area contributed by atoms with Gasteiger partial charge in [0.1, 0.15) is 17.5 Å². The van der Waals surface area contributed by atoms with Gasteiger partial charge in [0.05, 0.1) is 0 Å². The van der Waals surface area contributed by atoms with Crippen LogP contribution >= 0.6 is 0 Å². The molecule has 0 aliphatic carbocycles. The SMILES string of the molecule is Cc1nc(C2CCNCC2)cc(N2CCN(c3ncccc3C)CC2)n1. The van der Waals surface area contributed by atoms with E-state index in [4.69, 9.17) is 9.97 Å². The monoisotopic (exact) mass is 352 g/mol. The van der Waals surface area contributed by atoms with Crippen LogP contribution in [0.25, 0.3) is 0 Å². The van der Waals surface area contributed by atoms with E-state index >= 15 is 0 Å². The van der Waals surface area contributed by atoms with E-state index in [1.54, 1.807) is 0 Å². The predicted molar refractivity (Wildman–Crippen MR) is 105 cm³/mol. The molecule has 6 heteroatoms. The molecule has 2 saturated heterocycles. The second-order valence-corrected chi connectivity index (χ2v) is 7.34. The Labute approximate surface area is 155 Å². The molecule has 2 aromatic rings. The van der Waals surface area contributed by atoms with Crippen LogP contribution in [0.5, 0.6) is 0 Å². The maximum absolute atomic E-state index is 4.74. The Balaban J connectivity index is 1.47. The summed E-state index contributed by atoms with van der Waals surface area (Å²) >= 11 is 0. The molecule has 0 spiro atoms. The number of nitrogens with zero attached hydrogens (tertiary/aromatic N) is 5. The molecular weight excluding hydrogens is 324 g/mol. The first-order chi connectivity index (χ1) is 12.7. The van der Waals surface area contributed by atoms with E-state index in [9.17, 15) is 0 Å². The smallest absolute Gasteiger partial charge is 0.132 e. The third kappa shape index (κ3) is 3.65. The van der Waals surface area contributed by atoms with Gasteiger partial charge >= 0.3 is 0 Å². The Morgan fingerprint density at radius 1 is 1.00 bits per heavy atom. The van der Waals surface area contributed by atoms with E-state index in [1.807, 2.05) is 19.2 Å². The van der Waals surface area contributed by atoms with Gasteiger partial charge in [-0.3, -0.25) is 0 Å². The Morgan fingerprint density at radius 3 is 2.46 bits per heavy atom. The second kappa shape index (κ2) is 7.58. The number of hydrogen-bond acceptors (Lipinski definition) is 6. The highest BCUT2D eigenvalue weighted by Gasteiger charge is 2.23. The molecule has 2 aliphatic heterocycles. The van der Waals surface area contributed by atoms with E-state index in [1.165, 1.54) is 24.1 Å². The van der Waals surface area contributed by atoms with Crippen molar-refractivity contribution in [2.24, 2.45) is 0 Å². The minimum absolute atomic E-state index is 0.564. The third-order valence-corrected chi connectivity index (χ3v) is 5.49. The van der Waals surface area contributed by atoms with Crippen molar-refractivity contribution in [3.05, 3.63) is 41.5 Å². The number of aromatic nitrogens is 3. The summed E-state index contributed by atoms with van der Waals surface area (Å²) in [4.78, 5) is 18.8. The van der Waals surface area contributed by atoms with Crippen molar-refractivity contribution >= 4 is 11.6 Å². The third-order valence-electron chi connectivity index (χ3n) is 5.49. The van der Waals surface area contributed by atoms with Crippen LogP contribution in [0.3, 0.4) is 0 Å². The molecular formula is C20H28N6. The number of hydrogen-bond donors (Lipinski definition) is 1. The second-order valence-electron chi connectivity index (χ2n) is 7.34. The molecule has 138 valence electrons. The van der Waals surface area contributed by atoms with Crippen LogP contribution in [0, 0.1) is 13.8 Å². The summed E-state index contributed by atoms with van der Waals surface area (Å²) in [6.45, 7) is 10.2. The fourth-order valence-electron chi connectivity index (χ4n) is 4.02. The summed E-state index contributed by atoms with van der Waals surface area (Å²) in [5.74, 6) is 3.65. The highest BCUT2D eigenvalue weighted by Crippen LogP contribution is 2.27. The van der Waals surface area contributed by atoms with Gasteiger partial charge < -0.3 is 15.1 Å². The topological polar surface area (TPSA) is 57.2 Å². The minimum Gasteiger partial charge on any atom is -0.353 e. The van der Waals surface area contributed by atoms with Crippen molar-refractivity contribution in [3.8, 4) is 0 Å². The molecule has 0 radical (unpaired) electrons. The van der Waals surface area contributed by atoms with Crippen LogP contribution in [-0.4, -0.2) is 54.2 Å². The molecule has 0 amide bonds. The number of pyridine rings is 1. The zero-order valence-electron chi connectivity index (χ0n) is 15.8. The van der Waals surface area contributed by atoms with Crippen molar-refractivity contribution in [1.82, 2.24) is 20.3 Å². The van der Waals surface area contributed by atoms with Crippen molar-refractivity contribution in [2.45, 2.75) is 32.6 Å². The molecule has 26 heavy (non-hydrogen) atoms. The number of piperazine rings is 1. The Hall–Kier alpha value is -2.21. The van der Waals surface area contributed by atoms with E-state index in [-0.39, 0.29) is 0 Å². The number of piperidine rings is 1. The van der Waals surface area contributed by atoms with Gasteiger partial charge in [-0.1, -0.05) is 6.07 Å². The standard InChI is InChI=1S/C20H28N6/c1-15-4-3-7-22-20(15)26-12-10-25(11-13-26)19-14-18(23-16(2)24-19)17-5-8-21-9-6-17/h3-4,7,14,17,21H,5-6,8-13H2,1-2H3. The van der Waals surface area contributed by atoms with E-state index in [0.717, 1.165) is 56.7 Å². The Kier molecular flexibility index (Phi) is 5.02. The van der Waals surface area contributed by atoms with Gasteiger partial charge in [0.2, 0.25) is 0 Å². The summed E-state index contributed by atoms with van der Waals surface area (Å²) in [6, 6.07) is 6.36. The summed E-state index contributed by atoms with van der Waals surface area (Å²) in [5.41, 5.74) is 2.46. The molecule has 4 heterocycles. The maximum Gasteiger partial charge on any atom is 0.132 e. The molecule has 0 unspecified atom stereocenters. The Bertz CT molecular complexity index is 748. The van der Waals surface area contributed by atoms with Gasteiger partial charge in [-0.15, -0.1) is 0 Å². The van der Waals surface area contributed by atoms with Crippen molar-refractivity contribution < 1.29 is 0 Å². The summed E-state index contributed by atoms with van der Waals surface area (Å²) in [7, 11) is 0. The van der Waals surface area contributed by atoms with Gasteiger partial charge in [0, 0.05) is 50.1 Å². The lowest BCUT2D eigenvalue weighted by Gasteiger charge is -2.37. The fraction of sp³-hybridized carbons (Fsp3) is 0.550. The van der Waals surface area contributed by atoms with Gasteiger partial charge in [0.25, 0.3) is 0 Å². The molecule has 6 nitrogen and oxygen atoms in total. The van der Waals surface area contributed by atoms with E-state index < -0.39 is 0 Å². The van der Waals surface area contributed by atoms with Crippen molar-refractivity contribution in [3.63, 3.8) is 0 Å². The highest BCUT2D eigenvalue weighted by atomic mass is 15.3. The molecule has 0 saturated carbocycles. The summed E-state index contributed by atoms with van der Waals surface area (Å²) in [5, 5.41) is 3.44. The van der Waals surface area contributed by atoms with Gasteiger partial charge in [0.15, 0.2) is 0 Å². The predicted octanol–water partition coefficient (Wildman–Crippen LogP) is 2.28. The largest absolute Gasteiger partial charge is 0.353 e. The van der Waals surface area contributed by atoms with Crippen LogP contribution in [0.1, 0.15) is 35.8 Å². The minimum atomic E-state index is 0.564. The number of rotatable bonds is 3. The lowest BCUT2D eigenvalue weighted by Crippen LogP contribution is -2.47. The first-order valence-electron chi connectivity index (χ1n) is 9.68. The highest BCUT2D eigenvalue weighted by molar-refractivity contribution is 5.49. The normalized spacial score (nSPS) is 19.0. The van der Waals surface area contributed by atoms with E-state index in [0.29, 0.717) is 5.92 Å². The zero-order valence-corrected chi connectivity index (χ0v) is 15.8. The van der Waals surface area contributed by atoms with Crippen LogP contribution in [0.2, 0.25) is 0 Å². The lowest BCUT2D eigenvalue weighted by atomic mass is 9.94. The van der Waals surface area contributed by atoms with Crippen molar-refractivity contribution in [2.75, 3.05) is 49.1 Å². The molecule has 2 aromatic heterocycles. The van der Waals surface area contributed by atoms with Gasteiger partial charge in [-0.2, -0.15) is 0 Å². The van der Waals surface area contributed by atoms with Crippen LogP contribution in [0.4, 0.5) is 11.6 Å². The molecule has 0 atom stereocenters. The number of anilines is 2. The van der Waals surface area contributed by atoms with Gasteiger partial charge in [-0.25, -0.2) is 15.0 Å². The average molecular weight is 352 g/mol. The lowest BCUT2D eigenvalue weighted by molar-refractivity contribution is 0.452. The summed E-state index contributed by atoms with van der Waals surface area (Å²) in [6.07, 6.45) is 4.22. The van der Waals surface area contributed by atoms with Crippen molar-refractivity contribution in [1.29, 1.82) is 0 Å². The first kappa shape index (κ1) is 17.2. The molecule has 4 rings (SSSR count). The van der Waals surface area contributed by atoms with E-state index in [2.05, 4.69) is 39.2 Å². The fourth-order valence-corrected chi connectivity index (χ4v) is 4.02. The molecule has 1 N–H and O–H groups in total. The molecule has 0 aromatic carbocycles. The number of aryl methyl sites for hydroxylation is 2. The van der Waals surface area contributed by atoms with Crippen LogP contribution in [-0.2, 0) is 0 Å². The van der Waals surface area contributed by atoms with Crippen LogP contribution < -0.4 is 15.1 Å². The zero-order chi connectivity index (χ0) is 17.9. The molecule has 2 aliphatic rings. The van der Waals surface area contributed by atoms with Crippen LogP contribution in [0.15, 0.2) is 24.4 Å². The first-order valence-corrected chi connectivity index (χ1v) is 9.68. The average Bonchev–Trinajstić information content (AvgIpc) is 2.69. The quantitative estimate of drug-likeness (QED) is 0.915.